The molecule has 1 rings (SSSR count). The number of halogens is 1. The molecule has 7 heteroatoms. The predicted molar refractivity (Wildman–Crippen MR) is 73.7 cm³/mol. The summed E-state index contributed by atoms with van der Waals surface area (Å²) < 4.78 is 9.44. The largest absolute Gasteiger partial charge is 1.00 e. The molecule has 0 saturated heterocycles. The Morgan fingerprint density at radius 2 is 2.16 bits per heavy atom. The molecule has 0 saturated carbocycles. The SMILES string of the molecule is C[n+]1ccn(COCCC[Si](C)(C)C)c1/C=N/O.[Cl-]. The highest BCUT2D eigenvalue weighted by molar-refractivity contribution is 6.76. The normalized spacial score (nSPS) is 11.8. The van der Waals surface area contributed by atoms with Crippen molar-refractivity contribution in [3.63, 3.8) is 0 Å². The van der Waals surface area contributed by atoms with Gasteiger partial charge in [-0.3, -0.25) is 0 Å². The summed E-state index contributed by atoms with van der Waals surface area (Å²) in [5, 5.41) is 11.7. The van der Waals surface area contributed by atoms with Crippen LogP contribution in [-0.4, -0.2) is 30.7 Å². The average molecular weight is 306 g/mol. The number of imidazole rings is 1. The highest BCUT2D eigenvalue weighted by atomic mass is 35.5. The van der Waals surface area contributed by atoms with Crippen LogP contribution < -0.4 is 17.0 Å². The third kappa shape index (κ3) is 6.75. The number of aryl methyl sites for hydroxylation is 1. The Labute approximate surface area is 122 Å². The Morgan fingerprint density at radius 3 is 2.74 bits per heavy atom. The molecular weight excluding hydrogens is 282 g/mol. The predicted octanol–water partition coefficient (Wildman–Crippen LogP) is -1.17. The Bertz CT molecular complexity index is 402. The molecule has 1 aromatic heterocycles. The molecule has 0 bridgehead atoms. The number of rotatable bonds is 7. The van der Waals surface area contributed by atoms with Crippen LogP contribution >= 0.6 is 0 Å². The molecule has 0 aromatic carbocycles. The van der Waals surface area contributed by atoms with Gasteiger partial charge in [-0.05, 0) is 6.42 Å². The Kier molecular flexibility index (Phi) is 7.97. The fourth-order valence-electron chi connectivity index (χ4n) is 1.73. The van der Waals surface area contributed by atoms with E-state index in [-0.39, 0.29) is 12.4 Å². The van der Waals surface area contributed by atoms with Crippen molar-refractivity contribution in [1.29, 1.82) is 0 Å². The molecule has 5 nitrogen and oxygen atoms in total. The summed E-state index contributed by atoms with van der Waals surface area (Å²) in [6, 6.07) is 1.29. The third-order valence-electron chi connectivity index (χ3n) is 2.74. The maximum Gasteiger partial charge on any atom is 0.305 e. The number of nitrogens with zero attached hydrogens (tertiary/aromatic N) is 3. The lowest BCUT2D eigenvalue weighted by Crippen LogP contribution is -3.00. The second kappa shape index (κ2) is 8.34. The second-order valence-electron chi connectivity index (χ2n) is 5.68. The lowest BCUT2D eigenvalue weighted by Gasteiger charge is -2.14. The third-order valence-corrected chi connectivity index (χ3v) is 4.60. The van der Waals surface area contributed by atoms with Gasteiger partial charge in [-0.2, -0.15) is 0 Å². The minimum atomic E-state index is -0.951. The van der Waals surface area contributed by atoms with Crippen molar-refractivity contribution < 1.29 is 26.9 Å². The lowest BCUT2D eigenvalue weighted by atomic mass is 10.5. The van der Waals surface area contributed by atoms with Gasteiger partial charge >= 0.3 is 5.82 Å². The van der Waals surface area contributed by atoms with E-state index in [9.17, 15) is 0 Å². The summed E-state index contributed by atoms with van der Waals surface area (Å²) in [7, 11) is 0.950. The Balaban J connectivity index is 0.00000324. The van der Waals surface area contributed by atoms with Gasteiger partial charge in [-0.1, -0.05) is 30.8 Å². The summed E-state index contributed by atoms with van der Waals surface area (Å²) in [5.41, 5.74) is 0. The molecule has 1 aromatic rings. The standard InChI is InChI=1S/C12H23N3O2Si.ClH/c1-14-6-7-15(12(14)10-13-16)11-17-8-5-9-18(2,3)4;/h6-7,10H,5,8-9,11H2,1-4H3;1H. The molecule has 0 aliphatic heterocycles. The average Bonchev–Trinajstić information content (AvgIpc) is 2.60. The van der Waals surface area contributed by atoms with Crippen molar-refractivity contribution in [2.24, 2.45) is 12.2 Å². The molecule has 0 spiro atoms. The monoisotopic (exact) mass is 305 g/mol. The van der Waals surface area contributed by atoms with Crippen LogP contribution in [0.5, 0.6) is 0 Å². The van der Waals surface area contributed by atoms with E-state index in [4.69, 9.17) is 9.94 Å². The van der Waals surface area contributed by atoms with Gasteiger partial charge in [0.05, 0.1) is 13.7 Å². The number of aromatic nitrogens is 2. The van der Waals surface area contributed by atoms with Crippen LogP contribution in [0.15, 0.2) is 17.5 Å². The first-order valence-electron chi connectivity index (χ1n) is 6.24. The van der Waals surface area contributed by atoms with Gasteiger partial charge in [0, 0.05) is 8.07 Å². The number of ether oxygens (including phenoxy) is 1. The zero-order valence-corrected chi connectivity index (χ0v) is 13.9. The van der Waals surface area contributed by atoms with Crippen LogP contribution in [-0.2, 0) is 18.5 Å². The first-order chi connectivity index (χ1) is 8.44. The minimum Gasteiger partial charge on any atom is -1.00 e. The van der Waals surface area contributed by atoms with Crippen LogP contribution in [0.1, 0.15) is 12.2 Å². The molecule has 0 radical (unpaired) electrons. The number of hydrogen-bond acceptors (Lipinski definition) is 3. The molecule has 1 N–H and O–H groups in total. The Morgan fingerprint density at radius 1 is 1.47 bits per heavy atom. The molecule has 0 aliphatic rings. The van der Waals surface area contributed by atoms with Crippen LogP contribution in [0.2, 0.25) is 25.7 Å². The van der Waals surface area contributed by atoms with E-state index in [0.29, 0.717) is 6.73 Å². The van der Waals surface area contributed by atoms with E-state index in [1.807, 2.05) is 28.6 Å². The van der Waals surface area contributed by atoms with Gasteiger partial charge in [0.1, 0.15) is 12.4 Å². The van der Waals surface area contributed by atoms with E-state index >= 15 is 0 Å². The topological polar surface area (TPSA) is 50.6 Å². The van der Waals surface area contributed by atoms with Gasteiger partial charge in [-0.15, -0.1) is 0 Å². The van der Waals surface area contributed by atoms with Crippen molar-refractivity contribution >= 4 is 14.3 Å². The van der Waals surface area contributed by atoms with Gasteiger partial charge in [-0.25, -0.2) is 9.13 Å². The summed E-state index contributed by atoms with van der Waals surface area (Å²) >= 11 is 0. The molecule has 0 amide bonds. The summed E-state index contributed by atoms with van der Waals surface area (Å²) in [5.74, 6) is 0.808. The van der Waals surface area contributed by atoms with Crippen molar-refractivity contribution in [2.75, 3.05) is 6.61 Å². The maximum absolute atomic E-state index is 8.59. The van der Waals surface area contributed by atoms with E-state index in [2.05, 4.69) is 24.8 Å². The fourth-order valence-corrected chi connectivity index (χ4v) is 2.93. The van der Waals surface area contributed by atoms with Crippen LogP contribution in [0.25, 0.3) is 0 Å². The van der Waals surface area contributed by atoms with E-state index in [0.717, 1.165) is 18.9 Å². The van der Waals surface area contributed by atoms with Crippen molar-refractivity contribution in [3.8, 4) is 0 Å². The summed E-state index contributed by atoms with van der Waals surface area (Å²) in [6.07, 6.45) is 6.34. The van der Waals surface area contributed by atoms with Crippen LogP contribution in [0, 0.1) is 0 Å². The Hall–Kier alpha value is -0.853. The second-order valence-corrected chi connectivity index (χ2v) is 11.3. The molecule has 0 atom stereocenters. The molecular formula is C12H24ClN3O2Si. The fraction of sp³-hybridized carbons (Fsp3) is 0.667. The van der Waals surface area contributed by atoms with Crippen molar-refractivity contribution in [1.82, 2.24) is 4.57 Å². The zero-order valence-electron chi connectivity index (χ0n) is 12.1. The minimum absolute atomic E-state index is 0. The van der Waals surface area contributed by atoms with E-state index in [1.54, 1.807) is 0 Å². The van der Waals surface area contributed by atoms with Gasteiger partial charge in [0.25, 0.3) is 0 Å². The first-order valence-corrected chi connectivity index (χ1v) is 9.95. The van der Waals surface area contributed by atoms with Crippen LogP contribution in [0.3, 0.4) is 0 Å². The van der Waals surface area contributed by atoms with Gasteiger partial charge < -0.3 is 22.4 Å². The molecule has 0 fully saturated rings. The van der Waals surface area contributed by atoms with Crippen molar-refractivity contribution in [3.05, 3.63) is 18.2 Å². The number of oxime groups is 1. The zero-order chi connectivity index (χ0) is 13.6. The molecule has 1 heterocycles. The molecule has 19 heavy (non-hydrogen) atoms. The highest BCUT2D eigenvalue weighted by Gasteiger charge is 2.13. The smallest absolute Gasteiger partial charge is 0.305 e. The maximum atomic E-state index is 8.59. The quantitative estimate of drug-likeness (QED) is 0.172. The summed E-state index contributed by atoms with van der Waals surface area (Å²) in [4.78, 5) is 0. The lowest BCUT2D eigenvalue weighted by molar-refractivity contribution is -0.672. The summed E-state index contributed by atoms with van der Waals surface area (Å²) in [6.45, 7) is 8.38. The number of hydrogen-bond donors (Lipinski definition) is 1. The van der Waals surface area contributed by atoms with E-state index in [1.165, 1.54) is 12.3 Å². The highest BCUT2D eigenvalue weighted by Crippen LogP contribution is 2.10. The molecule has 0 unspecified atom stereocenters. The molecule has 110 valence electrons. The van der Waals surface area contributed by atoms with Crippen LogP contribution in [0.4, 0.5) is 0 Å². The molecule has 0 aliphatic carbocycles. The van der Waals surface area contributed by atoms with Crippen molar-refractivity contribution in [2.45, 2.75) is 38.8 Å². The first kappa shape index (κ1) is 18.1. The van der Waals surface area contributed by atoms with Gasteiger partial charge in [0.15, 0.2) is 12.9 Å². The van der Waals surface area contributed by atoms with E-state index < -0.39 is 8.07 Å². The van der Waals surface area contributed by atoms with Gasteiger partial charge in [0.2, 0.25) is 0 Å².